The Kier molecular flexibility index (Phi) is 7.28. The molecule has 1 aromatic rings. The van der Waals surface area contributed by atoms with E-state index in [1.54, 1.807) is 7.11 Å². The van der Waals surface area contributed by atoms with Crippen LogP contribution in [0.5, 0.6) is 5.75 Å². The smallest absolute Gasteiger partial charge is 0.315 e. The molecule has 5 heteroatoms. The highest BCUT2D eigenvalue weighted by molar-refractivity contribution is 6.83. The van der Waals surface area contributed by atoms with Crippen molar-refractivity contribution in [3.8, 4) is 17.2 Å². The molecule has 0 amide bonds. The molecule has 0 heterocycles. The molecule has 0 aliphatic heterocycles. The molecule has 162 valence electrons. The zero-order valence-electron chi connectivity index (χ0n) is 19.7. The summed E-state index contributed by atoms with van der Waals surface area (Å²) < 4.78 is 16.9. The van der Waals surface area contributed by atoms with Crippen molar-refractivity contribution < 1.29 is 19.3 Å². The van der Waals surface area contributed by atoms with Crippen LogP contribution < -0.4 is 4.74 Å². The summed E-state index contributed by atoms with van der Waals surface area (Å²) in [7, 11) is -0.0530. The van der Waals surface area contributed by atoms with E-state index in [4.69, 9.17) is 14.2 Å². The first-order chi connectivity index (χ1) is 13.4. The van der Waals surface area contributed by atoms with Crippen LogP contribution in [0.2, 0.25) is 19.6 Å². The van der Waals surface area contributed by atoms with Crippen molar-refractivity contribution in [2.75, 3.05) is 13.7 Å². The molecule has 1 atom stereocenters. The molecule has 1 unspecified atom stereocenters. The largest absolute Gasteiger partial charge is 0.441 e. The first-order valence-electron chi connectivity index (χ1n) is 10.5. The van der Waals surface area contributed by atoms with E-state index in [1.165, 1.54) is 11.1 Å². The second kappa shape index (κ2) is 8.81. The highest BCUT2D eigenvalue weighted by Gasteiger charge is 2.40. The summed E-state index contributed by atoms with van der Waals surface area (Å²) in [5, 5.41) is 10.3. The van der Waals surface area contributed by atoms with Crippen LogP contribution in [0.25, 0.3) is 0 Å². The van der Waals surface area contributed by atoms with Crippen LogP contribution in [0.15, 0.2) is 6.07 Å². The molecule has 1 N–H and O–H groups in total. The minimum absolute atomic E-state index is 0.000716. The Hall–Kier alpha value is -1.32. The second-order valence-corrected chi connectivity index (χ2v) is 14.9. The molecule has 4 nitrogen and oxygen atoms in total. The van der Waals surface area contributed by atoms with Crippen LogP contribution in [0, 0.1) is 11.5 Å². The summed E-state index contributed by atoms with van der Waals surface area (Å²) in [6.45, 7) is 17.2. The highest BCUT2D eigenvalue weighted by atomic mass is 28.3. The number of aliphatic hydroxyl groups excluding tert-OH is 1. The van der Waals surface area contributed by atoms with Crippen molar-refractivity contribution in [3.05, 3.63) is 28.3 Å². The Morgan fingerprint density at radius 2 is 1.76 bits per heavy atom. The van der Waals surface area contributed by atoms with E-state index in [1.807, 2.05) is 6.92 Å². The minimum Gasteiger partial charge on any atom is -0.441 e. The first kappa shape index (κ1) is 24.0. The molecule has 0 aromatic heterocycles. The monoisotopic (exact) mass is 418 g/mol. The fourth-order valence-electron chi connectivity index (χ4n) is 3.86. The third-order valence-corrected chi connectivity index (χ3v) is 6.49. The van der Waals surface area contributed by atoms with Gasteiger partial charge in [-0.1, -0.05) is 53.3 Å². The summed E-state index contributed by atoms with van der Waals surface area (Å²) in [6.07, 6.45) is 2.17. The fourth-order valence-corrected chi connectivity index (χ4v) is 4.36. The Labute approximate surface area is 178 Å². The highest BCUT2D eigenvalue weighted by Crippen LogP contribution is 2.49. The summed E-state index contributed by atoms with van der Waals surface area (Å²) in [4.78, 5) is 0. The van der Waals surface area contributed by atoms with E-state index in [9.17, 15) is 5.11 Å². The molecule has 0 fully saturated rings. The molecule has 1 aliphatic rings. The van der Waals surface area contributed by atoms with Crippen LogP contribution in [0.1, 0.15) is 69.7 Å². The molecule has 0 radical (unpaired) electrons. The van der Waals surface area contributed by atoms with Gasteiger partial charge in [-0.05, 0) is 47.8 Å². The van der Waals surface area contributed by atoms with Crippen LogP contribution in [-0.2, 0) is 26.9 Å². The Bertz CT molecular complexity index is 794. The maximum atomic E-state index is 10.3. The maximum absolute atomic E-state index is 10.3. The maximum Gasteiger partial charge on any atom is 0.315 e. The molecule has 2 rings (SSSR count). The average molecular weight is 419 g/mol. The topological polar surface area (TPSA) is 47.9 Å². The number of methoxy groups -OCH3 is 1. The summed E-state index contributed by atoms with van der Waals surface area (Å²) in [5.74, 6) is 4.07. The summed E-state index contributed by atoms with van der Waals surface area (Å²) in [6, 6.07) is 2.08. The van der Waals surface area contributed by atoms with E-state index >= 15 is 0 Å². The predicted octanol–water partition coefficient (Wildman–Crippen LogP) is 5.10. The summed E-state index contributed by atoms with van der Waals surface area (Å²) in [5.41, 5.74) is 7.63. The number of hydrogen-bond donors (Lipinski definition) is 1. The van der Waals surface area contributed by atoms with Gasteiger partial charge < -0.3 is 19.3 Å². The van der Waals surface area contributed by atoms with Crippen molar-refractivity contribution in [1.29, 1.82) is 0 Å². The van der Waals surface area contributed by atoms with Gasteiger partial charge in [0.1, 0.15) is 13.8 Å². The van der Waals surface area contributed by atoms with E-state index in [2.05, 4.69) is 64.9 Å². The second-order valence-electron chi connectivity index (χ2n) is 10.2. The minimum atomic E-state index is -1.60. The number of aliphatic hydroxyl groups is 1. The van der Waals surface area contributed by atoms with Crippen molar-refractivity contribution in [3.63, 3.8) is 0 Å². The lowest BCUT2D eigenvalue weighted by Gasteiger charge is -2.43. The molecule has 0 saturated carbocycles. The van der Waals surface area contributed by atoms with Gasteiger partial charge in [0.2, 0.25) is 0 Å². The molecular formula is C24H38O4Si. The molecule has 29 heavy (non-hydrogen) atoms. The van der Waals surface area contributed by atoms with Crippen LogP contribution in [0.4, 0.5) is 0 Å². The summed E-state index contributed by atoms with van der Waals surface area (Å²) >= 11 is 0. The standard InChI is InChI=1S/C24H38O4Si/c1-10-27-22(26-6)28-20-15-19-21(24(4,5)13-12-23(19,2)3)17(18(20)16-25)11-14-29(7,8)9/h15,22,25H,10,12-13,16H2,1-9H3. The molecule has 0 saturated heterocycles. The Morgan fingerprint density at radius 3 is 2.28 bits per heavy atom. The van der Waals surface area contributed by atoms with Crippen molar-refractivity contribution in [2.45, 2.75) is 91.0 Å². The van der Waals surface area contributed by atoms with E-state index in [-0.39, 0.29) is 17.4 Å². The van der Waals surface area contributed by atoms with Gasteiger partial charge in [-0.15, -0.1) is 5.54 Å². The zero-order valence-corrected chi connectivity index (χ0v) is 20.7. The quantitative estimate of drug-likeness (QED) is 0.396. The van der Waals surface area contributed by atoms with E-state index < -0.39 is 14.5 Å². The molecular weight excluding hydrogens is 380 g/mol. The van der Waals surface area contributed by atoms with Crippen molar-refractivity contribution >= 4 is 8.07 Å². The van der Waals surface area contributed by atoms with Gasteiger partial charge in [0.25, 0.3) is 0 Å². The van der Waals surface area contributed by atoms with Crippen molar-refractivity contribution in [2.24, 2.45) is 0 Å². The van der Waals surface area contributed by atoms with Gasteiger partial charge in [-0.3, -0.25) is 0 Å². The Balaban J connectivity index is 2.82. The van der Waals surface area contributed by atoms with Crippen molar-refractivity contribution in [1.82, 2.24) is 0 Å². The fraction of sp³-hybridized carbons (Fsp3) is 0.667. The van der Waals surface area contributed by atoms with Gasteiger partial charge in [-0.25, -0.2) is 0 Å². The molecule has 0 spiro atoms. The van der Waals surface area contributed by atoms with Gasteiger partial charge >= 0.3 is 6.48 Å². The SMILES string of the molecule is CCOC(OC)Oc1cc2c(c(C#C[Si](C)(C)C)c1CO)C(C)(C)CCC2(C)C. The zero-order chi connectivity index (χ0) is 22.0. The number of rotatable bonds is 6. The van der Waals surface area contributed by atoms with Gasteiger partial charge in [0, 0.05) is 18.2 Å². The van der Waals surface area contributed by atoms with E-state index in [0.717, 1.165) is 24.0 Å². The predicted molar refractivity (Wildman–Crippen MR) is 121 cm³/mol. The van der Waals surface area contributed by atoms with Crippen LogP contribution in [-0.4, -0.2) is 33.4 Å². The molecule has 1 aromatic carbocycles. The van der Waals surface area contributed by atoms with Crippen LogP contribution in [0.3, 0.4) is 0 Å². The lowest BCUT2D eigenvalue weighted by molar-refractivity contribution is -0.231. The Morgan fingerprint density at radius 1 is 1.14 bits per heavy atom. The number of benzene rings is 1. The first-order valence-corrected chi connectivity index (χ1v) is 14.0. The van der Waals surface area contributed by atoms with Gasteiger partial charge in [0.05, 0.1) is 13.2 Å². The number of fused-ring (bicyclic) bond motifs is 1. The average Bonchev–Trinajstić information content (AvgIpc) is 2.62. The number of ether oxygens (including phenoxy) is 3. The third-order valence-electron chi connectivity index (χ3n) is 5.61. The molecule has 0 bridgehead atoms. The van der Waals surface area contributed by atoms with Crippen LogP contribution >= 0.6 is 0 Å². The number of hydrogen-bond acceptors (Lipinski definition) is 4. The normalized spacial score (nSPS) is 18.4. The lowest BCUT2D eigenvalue weighted by Crippen LogP contribution is -2.35. The van der Waals surface area contributed by atoms with E-state index in [0.29, 0.717) is 12.4 Å². The third kappa shape index (κ3) is 5.43. The van der Waals surface area contributed by atoms with Gasteiger partial charge in [-0.2, -0.15) is 0 Å². The van der Waals surface area contributed by atoms with Gasteiger partial charge in [0.15, 0.2) is 0 Å². The molecule has 1 aliphatic carbocycles. The lowest BCUT2D eigenvalue weighted by atomic mass is 9.61.